The van der Waals surface area contributed by atoms with Crippen LogP contribution in [0, 0.1) is 0 Å². The van der Waals surface area contributed by atoms with Crippen molar-refractivity contribution in [1.82, 2.24) is 15.5 Å². The molecule has 2 aromatic heterocycles. The topological polar surface area (TPSA) is 120 Å². The van der Waals surface area contributed by atoms with Crippen LogP contribution in [0.1, 0.15) is 40.5 Å². The molecule has 0 aromatic carbocycles. The van der Waals surface area contributed by atoms with E-state index in [1.807, 2.05) is 0 Å². The molecule has 0 aliphatic heterocycles. The van der Waals surface area contributed by atoms with Crippen molar-refractivity contribution in [2.75, 3.05) is 12.8 Å². The zero-order valence-corrected chi connectivity index (χ0v) is 13.5. The fourth-order valence-electron chi connectivity index (χ4n) is 1.83. The summed E-state index contributed by atoms with van der Waals surface area (Å²) in [6.07, 6.45) is 0. The van der Waals surface area contributed by atoms with Crippen LogP contribution in [0.3, 0.4) is 0 Å². The van der Waals surface area contributed by atoms with Gasteiger partial charge in [-0.15, -0.1) is 0 Å². The number of carbonyl (C=O) groups excluding carboxylic acids is 2. The van der Waals surface area contributed by atoms with E-state index in [0.29, 0.717) is 5.69 Å². The molecule has 8 nitrogen and oxygen atoms in total. The number of nitrogen functional groups attached to an aromatic ring is 1. The van der Waals surface area contributed by atoms with E-state index in [0.717, 1.165) is 0 Å². The maximum Gasteiger partial charge on any atom is 0.376 e. The van der Waals surface area contributed by atoms with Crippen LogP contribution < -0.4 is 11.1 Å². The minimum atomic E-state index is -0.905. The van der Waals surface area contributed by atoms with Gasteiger partial charge in [0.25, 0.3) is 5.91 Å². The van der Waals surface area contributed by atoms with Crippen molar-refractivity contribution in [3.05, 3.63) is 40.4 Å². The number of halogens is 1. The highest BCUT2D eigenvalue weighted by Gasteiger charge is 2.29. The number of carbonyl (C=O) groups is 2. The molecule has 2 aromatic rings. The minimum Gasteiger partial charge on any atom is -0.463 e. The molecule has 3 N–H and O–H groups in total. The first-order valence-electron chi connectivity index (χ1n) is 6.54. The molecule has 0 atom stereocenters. The van der Waals surface area contributed by atoms with Crippen molar-refractivity contribution >= 4 is 29.3 Å². The zero-order valence-electron chi connectivity index (χ0n) is 12.7. The highest BCUT2D eigenvalue weighted by atomic mass is 35.5. The van der Waals surface area contributed by atoms with E-state index in [1.165, 1.54) is 25.3 Å². The number of anilines is 1. The number of hydrogen-bond acceptors (Lipinski definition) is 7. The van der Waals surface area contributed by atoms with Crippen LogP contribution in [0.5, 0.6) is 0 Å². The summed E-state index contributed by atoms with van der Waals surface area (Å²) in [5.41, 5.74) is 5.28. The van der Waals surface area contributed by atoms with Crippen LogP contribution in [0.2, 0.25) is 5.15 Å². The van der Waals surface area contributed by atoms with Crippen molar-refractivity contribution in [3.63, 3.8) is 0 Å². The predicted molar refractivity (Wildman–Crippen MR) is 82.0 cm³/mol. The molecule has 0 spiro atoms. The smallest absolute Gasteiger partial charge is 0.376 e. The van der Waals surface area contributed by atoms with E-state index < -0.39 is 17.4 Å². The average molecular weight is 339 g/mol. The van der Waals surface area contributed by atoms with E-state index in [2.05, 4.69) is 20.2 Å². The van der Waals surface area contributed by atoms with E-state index in [1.54, 1.807) is 13.8 Å². The summed E-state index contributed by atoms with van der Waals surface area (Å²) >= 11 is 5.79. The van der Waals surface area contributed by atoms with Crippen LogP contribution in [0.4, 0.5) is 5.82 Å². The Balaban J connectivity index is 2.21. The summed E-state index contributed by atoms with van der Waals surface area (Å²) in [7, 11) is 1.23. The predicted octanol–water partition coefficient (Wildman–Crippen LogP) is 1.76. The van der Waals surface area contributed by atoms with Gasteiger partial charge in [-0.3, -0.25) is 4.79 Å². The van der Waals surface area contributed by atoms with Crippen molar-refractivity contribution < 1.29 is 18.8 Å². The van der Waals surface area contributed by atoms with Gasteiger partial charge in [0.15, 0.2) is 0 Å². The monoisotopic (exact) mass is 338 g/mol. The average Bonchev–Trinajstić information content (AvgIpc) is 2.95. The lowest BCUT2D eigenvalue weighted by Crippen LogP contribution is -2.41. The Hall–Kier alpha value is -2.61. The van der Waals surface area contributed by atoms with Crippen LogP contribution in [-0.2, 0) is 10.3 Å². The summed E-state index contributed by atoms with van der Waals surface area (Å²) in [5.74, 6) is -0.996. The van der Waals surface area contributed by atoms with Gasteiger partial charge < -0.3 is 20.3 Å². The number of nitrogens with zero attached hydrogens (tertiary/aromatic N) is 2. The number of rotatable bonds is 4. The molecule has 1 amide bonds. The number of hydrogen-bond donors (Lipinski definition) is 2. The second kappa shape index (κ2) is 6.25. The van der Waals surface area contributed by atoms with Crippen LogP contribution >= 0.6 is 11.6 Å². The molecule has 0 saturated carbocycles. The molecule has 2 heterocycles. The normalized spacial score (nSPS) is 11.1. The molecular formula is C14H15ClN4O4. The van der Waals surface area contributed by atoms with Crippen molar-refractivity contribution in [1.29, 1.82) is 0 Å². The zero-order chi connectivity index (χ0) is 17.2. The molecule has 9 heteroatoms. The molecule has 0 radical (unpaired) electrons. The number of esters is 1. The van der Waals surface area contributed by atoms with E-state index in [-0.39, 0.29) is 22.3 Å². The highest BCUT2D eigenvalue weighted by Crippen LogP contribution is 2.21. The number of pyridine rings is 1. The maximum atomic E-state index is 12.3. The molecule has 0 saturated heterocycles. The van der Waals surface area contributed by atoms with Crippen molar-refractivity contribution in [2.45, 2.75) is 19.4 Å². The molecule has 23 heavy (non-hydrogen) atoms. The number of amides is 1. The number of methoxy groups -OCH3 is 1. The van der Waals surface area contributed by atoms with E-state index in [9.17, 15) is 9.59 Å². The van der Waals surface area contributed by atoms with Crippen LogP contribution in [0.15, 0.2) is 22.7 Å². The van der Waals surface area contributed by atoms with Gasteiger partial charge in [0, 0.05) is 11.6 Å². The highest BCUT2D eigenvalue weighted by molar-refractivity contribution is 6.29. The molecule has 0 bridgehead atoms. The van der Waals surface area contributed by atoms with Gasteiger partial charge in [-0.2, -0.15) is 0 Å². The van der Waals surface area contributed by atoms with E-state index >= 15 is 0 Å². The quantitative estimate of drug-likeness (QED) is 0.643. The standard InChI is InChI=1S/C14H15ClN4O4/c1-14(2,9-6-8(23-19-9)13(21)22-3)18-12(20)7-4-10(15)17-11(16)5-7/h4-6H,1-3H3,(H2,16,17)(H,18,20). The first-order valence-corrected chi connectivity index (χ1v) is 6.92. The minimum absolute atomic E-state index is 0.0546. The Bertz CT molecular complexity index is 737. The van der Waals surface area contributed by atoms with Gasteiger partial charge in [0.1, 0.15) is 16.7 Å². The lowest BCUT2D eigenvalue weighted by atomic mass is 9.99. The van der Waals surface area contributed by atoms with Gasteiger partial charge in [-0.25, -0.2) is 9.78 Å². The second-order valence-electron chi connectivity index (χ2n) is 5.25. The summed E-state index contributed by atoms with van der Waals surface area (Å²) in [6.45, 7) is 3.41. The third-order valence-electron chi connectivity index (χ3n) is 3.04. The van der Waals surface area contributed by atoms with Crippen LogP contribution in [-0.4, -0.2) is 29.1 Å². The fraction of sp³-hybridized carbons (Fsp3) is 0.286. The summed E-state index contributed by atoms with van der Waals surface area (Å²) in [6, 6.07) is 4.20. The lowest BCUT2D eigenvalue weighted by Gasteiger charge is -2.23. The third-order valence-corrected chi connectivity index (χ3v) is 3.23. The van der Waals surface area contributed by atoms with Crippen LogP contribution in [0.25, 0.3) is 0 Å². The molecule has 0 fully saturated rings. The molecule has 0 unspecified atom stereocenters. The van der Waals surface area contributed by atoms with Gasteiger partial charge in [-0.1, -0.05) is 16.8 Å². The second-order valence-corrected chi connectivity index (χ2v) is 5.64. The SMILES string of the molecule is COC(=O)c1cc(C(C)(C)NC(=O)c2cc(N)nc(Cl)c2)no1. The fourth-order valence-corrected chi connectivity index (χ4v) is 2.05. The molecule has 2 rings (SSSR count). The lowest BCUT2D eigenvalue weighted by molar-refractivity contribution is 0.0554. The summed E-state index contributed by atoms with van der Waals surface area (Å²) < 4.78 is 9.45. The molecule has 122 valence electrons. The Kier molecular flexibility index (Phi) is 4.55. The van der Waals surface area contributed by atoms with Gasteiger partial charge in [-0.05, 0) is 26.0 Å². The Morgan fingerprint density at radius 3 is 2.65 bits per heavy atom. The summed E-state index contributed by atoms with van der Waals surface area (Å²) in [5, 5.41) is 6.66. The number of nitrogens with two attached hydrogens (primary N) is 1. The Morgan fingerprint density at radius 1 is 1.35 bits per heavy atom. The van der Waals surface area contributed by atoms with Crippen molar-refractivity contribution in [3.8, 4) is 0 Å². The summed E-state index contributed by atoms with van der Waals surface area (Å²) in [4.78, 5) is 27.5. The number of ether oxygens (including phenoxy) is 1. The first kappa shape index (κ1) is 16.8. The van der Waals surface area contributed by atoms with Gasteiger partial charge >= 0.3 is 5.97 Å². The number of nitrogens with one attached hydrogen (secondary N) is 1. The largest absolute Gasteiger partial charge is 0.463 e. The Morgan fingerprint density at radius 2 is 2.04 bits per heavy atom. The third kappa shape index (κ3) is 3.78. The molecule has 0 aliphatic rings. The van der Waals surface area contributed by atoms with E-state index in [4.69, 9.17) is 21.9 Å². The maximum absolute atomic E-state index is 12.3. The van der Waals surface area contributed by atoms with Gasteiger partial charge in [0.2, 0.25) is 5.76 Å². The molecular weight excluding hydrogens is 324 g/mol. The first-order chi connectivity index (χ1) is 10.7. The Labute approximate surface area is 136 Å². The van der Waals surface area contributed by atoms with Crippen molar-refractivity contribution in [2.24, 2.45) is 0 Å². The molecule has 0 aliphatic carbocycles. The van der Waals surface area contributed by atoms with Gasteiger partial charge in [0.05, 0.1) is 12.6 Å². The number of aromatic nitrogens is 2.